The Morgan fingerprint density at radius 3 is 2.90 bits per heavy atom. The normalized spacial score (nSPS) is 18.1. The van der Waals surface area contributed by atoms with E-state index in [-0.39, 0.29) is 13.2 Å². The smallest absolute Gasteiger partial charge is 0.414 e. The summed E-state index contributed by atoms with van der Waals surface area (Å²) in [7, 11) is 0. The number of hydrogen-bond donors (Lipinski definition) is 1. The molecule has 1 unspecified atom stereocenters. The topological polar surface area (TPSA) is 67.6 Å². The van der Waals surface area contributed by atoms with Gasteiger partial charge < -0.3 is 14.4 Å². The van der Waals surface area contributed by atoms with Crippen molar-refractivity contribution in [1.29, 1.82) is 0 Å². The van der Waals surface area contributed by atoms with E-state index in [1.165, 1.54) is 17.3 Å². The summed E-state index contributed by atoms with van der Waals surface area (Å²) in [6.45, 7) is 1.78. The van der Waals surface area contributed by atoms with E-state index < -0.39 is 18.0 Å². The SMILES string of the molecule is Cc1cncn1-c1ccc(N2CC(CO)OC2=O)cc1F. The molecule has 1 aromatic heterocycles. The third kappa shape index (κ3) is 2.36. The molecule has 0 spiro atoms. The van der Waals surface area contributed by atoms with E-state index in [1.54, 1.807) is 22.9 Å². The zero-order chi connectivity index (χ0) is 15.0. The molecule has 1 N–H and O–H groups in total. The minimum Gasteiger partial charge on any atom is -0.441 e. The molecular formula is C14H14FN3O3. The van der Waals surface area contributed by atoms with Gasteiger partial charge in [-0.25, -0.2) is 14.2 Å². The summed E-state index contributed by atoms with van der Waals surface area (Å²) in [4.78, 5) is 16.9. The fourth-order valence-corrected chi connectivity index (χ4v) is 2.30. The third-order valence-corrected chi connectivity index (χ3v) is 3.40. The number of ether oxygens (including phenoxy) is 1. The summed E-state index contributed by atoms with van der Waals surface area (Å²) in [6, 6.07) is 4.49. The Morgan fingerprint density at radius 2 is 2.33 bits per heavy atom. The van der Waals surface area contributed by atoms with Gasteiger partial charge in [0.1, 0.15) is 11.9 Å². The summed E-state index contributed by atoms with van der Waals surface area (Å²) in [5, 5.41) is 9.01. The molecule has 1 aromatic carbocycles. The first-order chi connectivity index (χ1) is 10.1. The van der Waals surface area contributed by atoms with Gasteiger partial charge in [0.15, 0.2) is 0 Å². The molecule has 1 amide bonds. The number of anilines is 1. The zero-order valence-corrected chi connectivity index (χ0v) is 11.4. The molecule has 1 aliphatic heterocycles. The van der Waals surface area contributed by atoms with Crippen LogP contribution in [0.5, 0.6) is 0 Å². The summed E-state index contributed by atoms with van der Waals surface area (Å²) in [6.07, 6.45) is 2.01. The van der Waals surface area contributed by atoms with Gasteiger partial charge in [-0.1, -0.05) is 0 Å². The zero-order valence-electron chi connectivity index (χ0n) is 11.4. The second-order valence-electron chi connectivity index (χ2n) is 4.84. The number of aryl methyl sites for hydroxylation is 1. The second kappa shape index (κ2) is 5.17. The first-order valence-electron chi connectivity index (χ1n) is 6.48. The lowest BCUT2D eigenvalue weighted by Gasteiger charge is -2.14. The minimum atomic E-state index is -0.583. The van der Waals surface area contributed by atoms with E-state index in [2.05, 4.69) is 4.98 Å². The minimum absolute atomic E-state index is 0.207. The Balaban J connectivity index is 1.92. The van der Waals surface area contributed by atoms with Crippen LogP contribution in [0.2, 0.25) is 0 Å². The van der Waals surface area contributed by atoms with Crippen LogP contribution in [0.25, 0.3) is 5.69 Å². The highest BCUT2D eigenvalue weighted by Crippen LogP contribution is 2.25. The largest absolute Gasteiger partial charge is 0.441 e. The number of aliphatic hydroxyl groups excluding tert-OH is 1. The number of imidazole rings is 1. The average molecular weight is 291 g/mol. The Hall–Kier alpha value is -2.41. The molecule has 2 aromatic rings. The van der Waals surface area contributed by atoms with Crippen molar-refractivity contribution < 1.29 is 19.0 Å². The van der Waals surface area contributed by atoms with Crippen molar-refractivity contribution in [1.82, 2.24) is 9.55 Å². The van der Waals surface area contributed by atoms with E-state index >= 15 is 0 Å². The maximum absolute atomic E-state index is 14.3. The predicted octanol–water partition coefficient (Wildman–Crippen LogP) is 1.64. The molecule has 7 heteroatoms. The van der Waals surface area contributed by atoms with Crippen LogP contribution in [-0.2, 0) is 4.74 Å². The maximum Gasteiger partial charge on any atom is 0.414 e. The van der Waals surface area contributed by atoms with Crippen molar-refractivity contribution in [3.05, 3.63) is 42.2 Å². The fraction of sp³-hybridized carbons (Fsp3) is 0.286. The average Bonchev–Trinajstić information content (AvgIpc) is 3.05. The Labute approximate surface area is 120 Å². The first kappa shape index (κ1) is 13.6. The molecule has 0 aliphatic carbocycles. The van der Waals surface area contributed by atoms with Gasteiger partial charge in [0.05, 0.1) is 30.9 Å². The van der Waals surface area contributed by atoms with Crippen LogP contribution < -0.4 is 4.90 Å². The van der Waals surface area contributed by atoms with Crippen molar-refractivity contribution >= 4 is 11.8 Å². The van der Waals surface area contributed by atoms with Gasteiger partial charge in [0.2, 0.25) is 0 Å². The number of rotatable bonds is 3. The lowest BCUT2D eigenvalue weighted by molar-refractivity contribution is 0.0963. The van der Waals surface area contributed by atoms with Crippen LogP contribution in [0.3, 0.4) is 0 Å². The van der Waals surface area contributed by atoms with E-state index in [9.17, 15) is 9.18 Å². The highest BCUT2D eigenvalue weighted by molar-refractivity contribution is 5.89. The molecule has 2 heterocycles. The first-order valence-corrected chi connectivity index (χ1v) is 6.48. The fourth-order valence-electron chi connectivity index (χ4n) is 2.30. The van der Waals surface area contributed by atoms with Gasteiger partial charge in [-0.05, 0) is 25.1 Å². The highest BCUT2D eigenvalue weighted by Gasteiger charge is 2.32. The second-order valence-corrected chi connectivity index (χ2v) is 4.84. The van der Waals surface area contributed by atoms with Crippen LogP contribution in [0.15, 0.2) is 30.7 Å². The number of aliphatic hydroxyl groups is 1. The number of benzene rings is 1. The molecule has 1 fully saturated rings. The molecular weight excluding hydrogens is 277 g/mol. The molecule has 0 bridgehead atoms. The predicted molar refractivity (Wildman–Crippen MR) is 73.0 cm³/mol. The molecule has 1 atom stereocenters. The van der Waals surface area contributed by atoms with Gasteiger partial charge in [-0.2, -0.15) is 0 Å². The summed E-state index contributed by atoms with van der Waals surface area (Å²) in [5.41, 5.74) is 1.57. The van der Waals surface area contributed by atoms with Crippen molar-refractivity contribution in [2.24, 2.45) is 0 Å². The Bertz CT molecular complexity index is 686. The molecule has 1 aliphatic rings. The number of carbonyl (C=O) groups is 1. The molecule has 3 rings (SSSR count). The van der Waals surface area contributed by atoms with E-state index in [4.69, 9.17) is 9.84 Å². The lowest BCUT2D eigenvalue weighted by Crippen LogP contribution is -2.25. The third-order valence-electron chi connectivity index (χ3n) is 3.40. The molecule has 0 radical (unpaired) electrons. The molecule has 1 saturated heterocycles. The van der Waals surface area contributed by atoms with Crippen molar-refractivity contribution in [2.45, 2.75) is 13.0 Å². The number of halogens is 1. The molecule has 0 saturated carbocycles. The maximum atomic E-state index is 14.3. The number of amides is 1. The Morgan fingerprint density at radius 1 is 1.52 bits per heavy atom. The quantitative estimate of drug-likeness (QED) is 0.933. The molecule has 6 nitrogen and oxygen atoms in total. The summed E-state index contributed by atoms with van der Waals surface area (Å²) in [5.74, 6) is -0.464. The monoisotopic (exact) mass is 291 g/mol. The highest BCUT2D eigenvalue weighted by atomic mass is 19.1. The van der Waals surface area contributed by atoms with E-state index in [0.717, 1.165) is 5.69 Å². The summed E-state index contributed by atoms with van der Waals surface area (Å²) >= 11 is 0. The summed E-state index contributed by atoms with van der Waals surface area (Å²) < 4.78 is 20.8. The van der Waals surface area contributed by atoms with Gasteiger partial charge >= 0.3 is 6.09 Å². The lowest BCUT2D eigenvalue weighted by atomic mass is 10.2. The number of cyclic esters (lactones) is 1. The number of nitrogens with zero attached hydrogens (tertiary/aromatic N) is 3. The van der Waals surface area contributed by atoms with Crippen LogP contribution >= 0.6 is 0 Å². The number of carbonyl (C=O) groups excluding carboxylic acids is 1. The van der Waals surface area contributed by atoms with Crippen LogP contribution in [0, 0.1) is 12.7 Å². The Kier molecular flexibility index (Phi) is 3.34. The van der Waals surface area contributed by atoms with Gasteiger partial charge in [0.25, 0.3) is 0 Å². The molecule has 110 valence electrons. The standard InChI is InChI=1S/C14H14FN3O3/c1-9-5-16-8-18(9)13-3-2-10(4-12(13)15)17-6-11(7-19)21-14(17)20/h2-5,8,11,19H,6-7H2,1H3. The van der Waals surface area contributed by atoms with Crippen molar-refractivity contribution in [3.8, 4) is 5.69 Å². The van der Waals surface area contributed by atoms with Gasteiger partial charge in [0, 0.05) is 11.9 Å². The molecule has 21 heavy (non-hydrogen) atoms. The van der Waals surface area contributed by atoms with Gasteiger partial charge in [-0.3, -0.25) is 4.90 Å². The number of aromatic nitrogens is 2. The van der Waals surface area contributed by atoms with Crippen LogP contribution in [-0.4, -0.2) is 40.0 Å². The number of hydrogen-bond acceptors (Lipinski definition) is 4. The van der Waals surface area contributed by atoms with Gasteiger partial charge in [-0.15, -0.1) is 0 Å². The van der Waals surface area contributed by atoms with Crippen molar-refractivity contribution in [2.75, 3.05) is 18.1 Å². The van der Waals surface area contributed by atoms with E-state index in [1.807, 2.05) is 6.92 Å². The van der Waals surface area contributed by atoms with E-state index in [0.29, 0.717) is 11.4 Å². The van der Waals surface area contributed by atoms with Crippen LogP contribution in [0.4, 0.5) is 14.9 Å². The van der Waals surface area contributed by atoms with Crippen molar-refractivity contribution in [3.63, 3.8) is 0 Å². The van der Waals surface area contributed by atoms with Crippen LogP contribution in [0.1, 0.15) is 5.69 Å².